The molecule has 0 bridgehead atoms. The largest absolute Gasteiger partial charge is 0.444 e. The van der Waals surface area contributed by atoms with E-state index in [1.54, 1.807) is 17.6 Å². The maximum absolute atomic E-state index is 5.60. The standard InChI is InChI=1S/C15H21N3OS/c1-16-9-13-5-2-3-7-18(13)10-12-11-19-15(17-12)14-6-4-8-20-14/h4,6,8,11,13,16H,2-3,5,7,9-10H2,1H3. The van der Waals surface area contributed by atoms with Crippen LogP contribution in [0.1, 0.15) is 25.0 Å². The Morgan fingerprint density at radius 1 is 1.50 bits per heavy atom. The summed E-state index contributed by atoms with van der Waals surface area (Å²) >= 11 is 1.66. The van der Waals surface area contributed by atoms with Gasteiger partial charge in [0, 0.05) is 19.1 Å². The average Bonchev–Trinajstić information content (AvgIpc) is 3.12. The van der Waals surface area contributed by atoms with E-state index in [0.717, 1.165) is 36.1 Å². The van der Waals surface area contributed by atoms with Gasteiger partial charge in [0.1, 0.15) is 6.26 Å². The van der Waals surface area contributed by atoms with E-state index in [1.807, 2.05) is 24.6 Å². The van der Waals surface area contributed by atoms with E-state index in [-0.39, 0.29) is 0 Å². The lowest BCUT2D eigenvalue weighted by molar-refractivity contribution is 0.137. The first-order valence-electron chi connectivity index (χ1n) is 7.24. The van der Waals surface area contributed by atoms with Crippen molar-refractivity contribution >= 4 is 11.3 Å². The highest BCUT2D eigenvalue weighted by Crippen LogP contribution is 2.25. The van der Waals surface area contributed by atoms with Crippen LogP contribution in [0.4, 0.5) is 0 Å². The summed E-state index contributed by atoms with van der Waals surface area (Å²) in [6, 6.07) is 4.69. The number of likely N-dealkylation sites (tertiary alicyclic amines) is 1. The fraction of sp³-hybridized carbons (Fsp3) is 0.533. The SMILES string of the molecule is CNCC1CCCCN1Cc1coc(-c2cccs2)n1. The Morgan fingerprint density at radius 2 is 2.45 bits per heavy atom. The van der Waals surface area contributed by atoms with Crippen molar-refractivity contribution in [3.05, 3.63) is 29.5 Å². The van der Waals surface area contributed by atoms with Gasteiger partial charge < -0.3 is 9.73 Å². The molecule has 0 spiro atoms. The molecule has 1 atom stereocenters. The van der Waals surface area contributed by atoms with Crippen molar-refractivity contribution in [2.24, 2.45) is 0 Å². The smallest absolute Gasteiger partial charge is 0.236 e. The fourth-order valence-electron chi connectivity index (χ4n) is 2.84. The minimum absolute atomic E-state index is 0.621. The molecule has 0 aliphatic carbocycles. The Hall–Kier alpha value is -1.17. The molecule has 0 aromatic carbocycles. The monoisotopic (exact) mass is 291 g/mol. The number of nitrogens with zero attached hydrogens (tertiary/aromatic N) is 2. The van der Waals surface area contributed by atoms with Gasteiger partial charge in [0.05, 0.1) is 10.6 Å². The average molecular weight is 291 g/mol. The van der Waals surface area contributed by atoms with Crippen LogP contribution in [0.5, 0.6) is 0 Å². The molecule has 0 radical (unpaired) electrons. The molecule has 1 unspecified atom stereocenters. The minimum atomic E-state index is 0.621. The number of likely N-dealkylation sites (N-methyl/N-ethyl adjacent to an activating group) is 1. The molecular weight excluding hydrogens is 270 g/mol. The molecule has 1 aliphatic rings. The number of rotatable bonds is 5. The Morgan fingerprint density at radius 3 is 3.25 bits per heavy atom. The van der Waals surface area contributed by atoms with Gasteiger partial charge in [-0.25, -0.2) is 4.98 Å². The lowest BCUT2D eigenvalue weighted by Gasteiger charge is -2.35. The third kappa shape index (κ3) is 3.11. The van der Waals surface area contributed by atoms with Gasteiger partial charge in [-0.3, -0.25) is 4.90 Å². The summed E-state index contributed by atoms with van der Waals surface area (Å²) in [5, 5.41) is 5.35. The number of aromatic nitrogens is 1. The molecule has 1 fully saturated rings. The van der Waals surface area contributed by atoms with Crippen molar-refractivity contribution in [1.82, 2.24) is 15.2 Å². The highest BCUT2D eigenvalue weighted by molar-refractivity contribution is 7.13. The lowest BCUT2D eigenvalue weighted by Crippen LogP contribution is -2.44. The molecule has 3 heterocycles. The highest BCUT2D eigenvalue weighted by Gasteiger charge is 2.22. The maximum atomic E-state index is 5.60. The number of thiophene rings is 1. The first-order chi connectivity index (χ1) is 9.86. The molecule has 5 heteroatoms. The molecule has 1 N–H and O–H groups in total. The summed E-state index contributed by atoms with van der Waals surface area (Å²) in [6.45, 7) is 3.10. The van der Waals surface area contributed by atoms with E-state index in [2.05, 4.69) is 15.2 Å². The van der Waals surface area contributed by atoms with Gasteiger partial charge >= 0.3 is 0 Å². The molecule has 0 amide bonds. The fourth-order valence-corrected chi connectivity index (χ4v) is 3.49. The molecule has 108 valence electrons. The van der Waals surface area contributed by atoms with Crippen molar-refractivity contribution in [3.8, 4) is 10.8 Å². The van der Waals surface area contributed by atoms with E-state index in [4.69, 9.17) is 4.42 Å². The van der Waals surface area contributed by atoms with Crippen molar-refractivity contribution in [2.45, 2.75) is 31.8 Å². The van der Waals surface area contributed by atoms with Gasteiger partial charge in [-0.15, -0.1) is 11.3 Å². The highest BCUT2D eigenvalue weighted by atomic mass is 32.1. The third-order valence-electron chi connectivity index (χ3n) is 3.84. The Labute approximate surface area is 123 Å². The van der Waals surface area contributed by atoms with Crippen LogP contribution in [0.3, 0.4) is 0 Å². The molecule has 2 aromatic rings. The first kappa shape index (κ1) is 13.8. The quantitative estimate of drug-likeness (QED) is 0.919. The summed E-state index contributed by atoms with van der Waals surface area (Å²) < 4.78 is 5.60. The second-order valence-electron chi connectivity index (χ2n) is 5.30. The summed E-state index contributed by atoms with van der Waals surface area (Å²) in [5.41, 5.74) is 1.04. The van der Waals surface area contributed by atoms with Gasteiger partial charge in [-0.05, 0) is 37.9 Å². The normalized spacial score (nSPS) is 20.4. The Balaban J connectivity index is 1.67. The van der Waals surface area contributed by atoms with Crippen LogP contribution >= 0.6 is 11.3 Å². The molecule has 3 rings (SSSR count). The van der Waals surface area contributed by atoms with E-state index in [0.29, 0.717) is 6.04 Å². The predicted molar refractivity (Wildman–Crippen MR) is 81.8 cm³/mol. The molecule has 2 aromatic heterocycles. The van der Waals surface area contributed by atoms with Gasteiger partial charge in [-0.2, -0.15) is 0 Å². The number of nitrogens with one attached hydrogen (secondary N) is 1. The minimum Gasteiger partial charge on any atom is -0.444 e. The molecular formula is C15H21N3OS. The number of hydrogen-bond acceptors (Lipinski definition) is 5. The Kier molecular flexibility index (Phi) is 4.50. The summed E-state index contributed by atoms with van der Waals surface area (Å²) in [7, 11) is 2.03. The van der Waals surface area contributed by atoms with Crippen molar-refractivity contribution < 1.29 is 4.42 Å². The van der Waals surface area contributed by atoms with E-state index < -0.39 is 0 Å². The van der Waals surface area contributed by atoms with Crippen LogP contribution in [0.2, 0.25) is 0 Å². The van der Waals surface area contributed by atoms with Gasteiger partial charge in [0.15, 0.2) is 0 Å². The Bertz CT molecular complexity index is 521. The second kappa shape index (κ2) is 6.52. The zero-order valence-electron chi connectivity index (χ0n) is 11.8. The van der Waals surface area contributed by atoms with Crippen LogP contribution in [0.25, 0.3) is 10.8 Å². The first-order valence-corrected chi connectivity index (χ1v) is 8.11. The van der Waals surface area contributed by atoms with Crippen LogP contribution in [-0.4, -0.2) is 36.1 Å². The van der Waals surface area contributed by atoms with Crippen molar-refractivity contribution in [1.29, 1.82) is 0 Å². The molecule has 0 saturated carbocycles. The van der Waals surface area contributed by atoms with Crippen LogP contribution in [0.15, 0.2) is 28.2 Å². The number of piperidine rings is 1. The van der Waals surface area contributed by atoms with E-state index in [9.17, 15) is 0 Å². The second-order valence-corrected chi connectivity index (χ2v) is 6.25. The van der Waals surface area contributed by atoms with Crippen LogP contribution < -0.4 is 5.32 Å². The molecule has 1 saturated heterocycles. The van der Waals surface area contributed by atoms with Gasteiger partial charge in [-0.1, -0.05) is 12.5 Å². The van der Waals surface area contributed by atoms with Crippen molar-refractivity contribution in [2.75, 3.05) is 20.1 Å². The summed E-state index contributed by atoms with van der Waals surface area (Å²) in [4.78, 5) is 8.25. The van der Waals surface area contributed by atoms with Crippen LogP contribution in [0, 0.1) is 0 Å². The van der Waals surface area contributed by atoms with E-state index >= 15 is 0 Å². The van der Waals surface area contributed by atoms with Crippen molar-refractivity contribution in [3.63, 3.8) is 0 Å². The third-order valence-corrected chi connectivity index (χ3v) is 4.70. The zero-order valence-corrected chi connectivity index (χ0v) is 12.7. The lowest BCUT2D eigenvalue weighted by atomic mass is 10.0. The molecule has 1 aliphatic heterocycles. The summed E-state index contributed by atoms with van der Waals surface area (Å²) in [6.07, 6.45) is 5.70. The topological polar surface area (TPSA) is 41.3 Å². The van der Waals surface area contributed by atoms with Gasteiger partial charge in [0.25, 0.3) is 0 Å². The van der Waals surface area contributed by atoms with E-state index in [1.165, 1.54) is 19.3 Å². The zero-order chi connectivity index (χ0) is 13.8. The molecule has 20 heavy (non-hydrogen) atoms. The number of hydrogen-bond donors (Lipinski definition) is 1. The number of oxazole rings is 1. The van der Waals surface area contributed by atoms with Gasteiger partial charge in [0.2, 0.25) is 5.89 Å². The van der Waals surface area contributed by atoms with Crippen LogP contribution in [-0.2, 0) is 6.54 Å². The summed E-state index contributed by atoms with van der Waals surface area (Å²) in [5.74, 6) is 0.747. The maximum Gasteiger partial charge on any atom is 0.236 e. The predicted octanol–water partition coefficient (Wildman–Crippen LogP) is 2.98. The molecule has 4 nitrogen and oxygen atoms in total.